The molecule has 1 fully saturated rings. The zero-order valence-electron chi connectivity index (χ0n) is 14.3. The van der Waals surface area contributed by atoms with E-state index in [-0.39, 0.29) is 5.91 Å². The Hall–Kier alpha value is -2.59. The van der Waals surface area contributed by atoms with Gasteiger partial charge < -0.3 is 9.42 Å². The number of aromatic nitrogens is 1. The summed E-state index contributed by atoms with van der Waals surface area (Å²) in [6.07, 6.45) is 3.53. The fraction of sp³-hybridized carbons (Fsp3) is 0.238. The molecule has 0 bridgehead atoms. The van der Waals surface area contributed by atoms with Crippen molar-refractivity contribution < 1.29 is 9.32 Å². The number of carbonyl (C=O) groups is 1. The van der Waals surface area contributed by atoms with Gasteiger partial charge in [0, 0.05) is 23.7 Å². The standard InChI is InChI=1S/C21H19ClN2O2/c22-18-8-6-17(7-9-18)20-19(13-23-26-20)21(25)24-11-10-16(14-24)12-15-4-2-1-3-5-15/h1-9,13,16H,10-12,14H2. The van der Waals surface area contributed by atoms with E-state index in [9.17, 15) is 4.79 Å². The molecule has 3 aromatic rings. The lowest BCUT2D eigenvalue weighted by Crippen LogP contribution is -2.29. The third-order valence-electron chi connectivity index (χ3n) is 4.85. The lowest BCUT2D eigenvalue weighted by molar-refractivity contribution is 0.0787. The van der Waals surface area contributed by atoms with Crippen LogP contribution in [0.3, 0.4) is 0 Å². The number of hydrogen-bond acceptors (Lipinski definition) is 3. The SMILES string of the molecule is O=C(c1cnoc1-c1ccc(Cl)cc1)N1CCC(Cc2ccccc2)C1. The largest absolute Gasteiger partial charge is 0.355 e. The van der Waals surface area contributed by atoms with Crippen LogP contribution in [0.5, 0.6) is 0 Å². The van der Waals surface area contributed by atoms with Crippen molar-refractivity contribution in [1.82, 2.24) is 10.1 Å². The Balaban J connectivity index is 1.47. The van der Waals surface area contributed by atoms with Crippen LogP contribution in [0.15, 0.2) is 65.3 Å². The van der Waals surface area contributed by atoms with Crippen molar-refractivity contribution in [3.63, 3.8) is 0 Å². The summed E-state index contributed by atoms with van der Waals surface area (Å²) >= 11 is 5.94. The highest BCUT2D eigenvalue weighted by atomic mass is 35.5. The molecule has 26 heavy (non-hydrogen) atoms. The molecule has 2 aromatic carbocycles. The summed E-state index contributed by atoms with van der Waals surface area (Å²) in [6.45, 7) is 1.53. The Bertz CT molecular complexity index is 890. The van der Waals surface area contributed by atoms with Gasteiger partial charge in [-0.15, -0.1) is 0 Å². The summed E-state index contributed by atoms with van der Waals surface area (Å²) in [5.74, 6) is 0.963. The van der Waals surface area contributed by atoms with Crippen LogP contribution in [-0.4, -0.2) is 29.1 Å². The van der Waals surface area contributed by atoms with Gasteiger partial charge in [-0.05, 0) is 48.6 Å². The average molecular weight is 367 g/mol. The van der Waals surface area contributed by atoms with Crippen LogP contribution in [-0.2, 0) is 6.42 Å². The summed E-state index contributed by atoms with van der Waals surface area (Å²) in [5.41, 5.74) is 2.63. The molecule has 1 aliphatic rings. The van der Waals surface area contributed by atoms with Crippen LogP contribution in [0.4, 0.5) is 0 Å². The lowest BCUT2D eigenvalue weighted by atomic mass is 9.99. The van der Waals surface area contributed by atoms with Crippen molar-refractivity contribution >= 4 is 17.5 Å². The summed E-state index contributed by atoms with van der Waals surface area (Å²) in [5, 5.41) is 4.49. The molecule has 1 atom stereocenters. The molecule has 1 saturated heterocycles. The maximum Gasteiger partial charge on any atom is 0.259 e. The van der Waals surface area contributed by atoms with Crippen LogP contribution < -0.4 is 0 Å². The molecule has 5 heteroatoms. The quantitative estimate of drug-likeness (QED) is 0.672. The Morgan fingerprint density at radius 3 is 2.69 bits per heavy atom. The molecule has 1 aliphatic heterocycles. The molecule has 4 rings (SSSR count). The first-order chi connectivity index (χ1) is 12.7. The molecular formula is C21H19ClN2O2. The zero-order chi connectivity index (χ0) is 17.9. The molecule has 4 nitrogen and oxygen atoms in total. The van der Waals surface area contributed by atoms with Gasteiger partial charge in [0.15, 0.2) is 5.76 Å². The van der Waals surface area contributed by atoms with Gasteiger partial charge in [0.05, 0.1) is 6.20 Å². The fourth-order valence-electron chi connectivity index (χ4n) is 3.50. The minimum Gasteiger partial charge on any atom is -0.355 e. The Kier molecular flexibility index (Phi) is 4.76. The van der Waals surface area contributed by atoms with E-state index in [1.807, 2.05) is 23.1 Å². The molecular weight excluding hydrogens is 348 g/mol. The number of hydrogen-bond donors (Lipinski definition) is 0. The smallest absolute Gasteiger partial charge is 0.259 e. The van der Waals surface area contributed by atoms with E-state index in [1.54, 1.807) is 12.1 Å². The third kappa shape index (κ3) is 3.51. The average Bonchev–Trinajstić information content (AvgIpc) is 3.32. The molecule has 1 unspecified atom stereocenters. The highest BCUT2D eigenvalue weighted by Gasteiger charge is 2.30. The molecule has 0 spiro atoms. The topological polar surface area (TPSA) is 46.3 Å². The predicted molar refractivity (Wildman–Crippen MR) is 101 cm³/mol. The molecule has 0 saturated carbocycles. The zero-order valence-corrected chi connectivity index (χ0v) is 15.0. The molecule has 2 heterocycles. The number of rotatable bonds is 4. The third-order valence-corrected chi connectivity index (χ3v) is 5.10. The van der Waals surface area contributed by atoms with Gasteiger partial charge >= 0.3 is 0 Å². The molecule has 1 amide bonds. The van der Waals surface area contributed by atoms with Crippen LogP contribution in [0.25, 0.3) is 11.3 Å². The molecule has 0 aliphatic carbocycles. The molecule has 132 valence electrons. The van der Waals surface area contributed by atoms with E-state index < -0.39 is 0 Å². The van der Waals surface area contributed by atoms with Gasteiger partial charge in [-0.25, -0.2) is 0 Å². The normalized spacial score (nSPS) is 16.8. The van der Waals surface area contributed by atoms with Crippen LogP contribution in [0.1, 0.15) is 22.3 Å². The van der Waals surface area contributed by atoms with E-state index >= 15 is 0 Å². The van der Waals surface area contributed by atoms with Crippen LogP contribution in [0.2, 0.25) is 5.02 Å². The van der Waals surface area contributed by atoms with Crippen molar-refractivity contribution in [2.75, 3.05) is 13.1 Å². The first-order valence-electron chi connectivity index (χ1n) is 8.74. The van der Waals surface area contributed by atoms with Gasteiger partial charge in [-0.1, -0.05) is 47.1 Å². The number of carbonyl (C=O) groups excluding carboxylic acids is 1. The van der Waals surface area contributed by atoms with E-state index in [0.717, 1.165) is 31.5 Å². The second-order valence-corrected chi connectivity index (χ2v) is 7.11. The summed E-state index contributed by atoms with van der Waals surface area (Å²) in [7, 11) is 0. The van der Waals surface area contributed by atoms with Crippen molar-refractivity contribution in [3.05, 3.63) is 76.9 Å². The Morgan fingerprint density at radius 1 is 1.15 bits per heavy atom. The maximum atomic E-state index is 13.0. The minimum atomic E-state index is -0.0215. The second-order valence-electron chi connectivity index (χ2n) is 6.67. The highest BCUT2D eigenvalue weighted by Crippen LogP contribution is 2.28. The second kappa shape index (κ2) is 7.34. The van der Waals surface area contributed by atoms with E-state index in [4.69, 9.17) is 16.1 Å². The van der Waals surface area contributed by atoms with Crippen molar-refractivity contribution in [1.29, 1.82) is 0 Å². The molecule has 0 N–H and O–H groups in total. The van der Waals surface area contributed by atoms with Gasteiger partial charge in [-0.3, -0.25) is 4.79 Å². The van der Waals surface area contributed by atoms with E-state index in [0.29, 0.717) is 22.3 Å². The van der Waals surface area contributed by atoms with Crippen LogP contribution in [0, 0.1) is 5.92 Å². The first-order valence-corrected chi connectivity index (χ1v) is 9.12. The Morgan fingerprint density at radius 2 is 1.92 bits per heavy atom. The summed E-state index contributed by atoms with van der Waals surface area (Å²) in [6, 6.07) is 17.7. The number of likely N-dealkylation sites (tertiary alicyclic amines) is 1. The lowest BCUT2D eigenvalue weighted by Gasteiger charge is -2.16. The van der Waals surface area contributed by atoms with Gasteiger partial charge in [0.2, 0.25) is 0 Å². The number of nitrogens with zero attached hydrogens (tertiary/aromatic N) is 2. The number of halogens is 1. The molecule has 0 radical (unpaired) electrons. The van der Waals surface area contributed by atoms with Crippen LogP contribution >= 0.6 is 11.6 Å². The van der Waals surface area contributed by atoms with E-state index in [1.165, 1.54) is 11.8 Å². The highest BCUT2D eigenvalue weighted by molar-refractivity contribution is 6.30. The first kappa shape index (κ1) is 16.9. The number of benzene rings is 2. The monoisotopic (exact) mass is 366 g/mol. The minimum absolute atomic E-state index is 0.0215. The van der Waals surface area contributed by atoms with Gasteiger partial charge in [0.25, 0.3) is 5.91 Å². The fourth-order valence-corrected chi connectivity index (χ4v) is 3.63. The summed E-state index contributed by atoms with van der Waals surface area (Å²) < 4.78 is 5.35. The number of amides is 1. The summed E-state index contributed by atoms with van der Waals surface area (Å²) in [4.78, 5) is 14.9. The maximum absolute atomic E-state index is 13.0. The predicted octanol–water partition coefficient (Wildman–Crippen LogP) is 4.70. The Labute approximate surface area is 157 Å². The van der Waals surface area contributed by atoms with Crippen molar-refractivity contribution in [3.8, 4) is 11.3 Å². The van der Waals surface area contributed by atoms with Gasteiger partial charge in [0.1, 0.15) is 5.56 Å². The van der Waals surface area contributed by atoms with Crippen molar-refractivity contribution in [2.24, 2.45) is 5.92 Å². The van der Waals surface area contributed by atoms with E-state index in [2.05, 4.69) is 29.4 Å². The van der Waals surface area contributed by atoms with Gasteiger partial charge in [-0.2, -0.15) is 0 Å². The molecule has 1 aromatic heterocycles. The van der Waals surface area contributed by atoms with Crippen molar-refractivity contribution in [2.45, 2.75) is 12.8 Å².